The molecule has 2 nitrogen and oxygen atoms in total. The Hall–Kier alpha value is 0.210. The summed E-state index contributed by atoms with van der Waals surface area (Å²) in [4.78, 5) is 0. The SMILES string of the molecule is CCC1(C)CC(O)CCN1.Cl. The minimum absolute atomic E-state index is 0. The van der Waals surface area contributed by atoms with E-state index in [9.17, 15) is 5.11 Å². The molecule has 2 atom stereocenters. The van der Waals surface area contributed by atoms with Crippen LogP contribution in [-0.2, 0) is 0 Å². The van der Waals surface area contributed by atoms with E-state index in [-0.39, 0.29) is 24.0 Å². The number of rotatable bonds is 1. The van der Waals surface area contributed by atoms with E-state index in [1.807, 2.05) is 0 Å². The Kier molecular flexibility index (Phi) is 4.37. The van der Waals surface area contributed by atoms with Crippen LogP contribution in [0.1, 0.15) is 33.1 Å². The average molecular weight is 180 g/mol. The average Bonchev–Trinajstić information content (AvgIpc) is 1.88. The molecule has 11 heavy (non-hydrogen) atoms. The third kappa shape index (κ3) is 2.97. The minimum atomic E-state index is -0.0776. The topological polar surface area (TPSA) is 32.3 Å². The quantitative estimate of drug-likeness (QED) is 0.637. The standard InChI is InChI=1S/C8H17NO.ClH/c1-3-8(2)6-7(10)4-5-9-8;/h7,9-10H,3-6H2,1-2H3;1H. The molecule has 1 saturated heterocycles. The summed E-state index contributed by atoms with van der Waals surface area (Å²) in [5, 5.41) is 12.8. The third-order valence-corrected chi connectivity index (χ3v) is 2.50. The highest BCUT2D eigenvalue weighted by Crippen LogP contribution is 2.21. The summed E-state index contributed by atoms with van der Waals surface area (Å²) >= 11 is 0. The number of nitrogens with one attached hydrogen (secondary N) is 1. The maximum Gasteiger partial charge on any atom is 0.0569 e. The van der Waals surface area contributed by atoms with Crippen LogP contribution in [0.15, 0.2) is 0 Å². The molecule has 0 aromatic heterocycles. The second-order valence-corrected chi connectivity index (χ2v) is 3.49. The van der Waals surface area contributed by atoms with Gasteiger partial charge in [0.2, 0.25) is 0 Å². The molecule has 0 amide bonds. The molecule has 1 aliphatic rings. The third-order valence-electron chi connectivity index (χ3n) is 2.50. The Bertz CT molecular complexity index is 121. The molecule has 1 heterocycles. The van der Waals surface area contributed by atoms with Gasteiger partial charge in [0, 0.05) is 5.54 Å². The van der Waals surface area contributed by atoms with Crippen molar-refractivity contribution in [1.29, 1.82) is 0 Å². The zero-order chi connectivity index (χ0) is 7.61. The zero-order valence-electron chi connectivity index (χ0n) is 7.26. The predicted octanol–water partition coefficient (Wildman–Crippen LogP) is 1.32. The van der Waals surface area contributed by atoms with Crippen molar-refractivity contribution in [3.8, 4) is 0 Å². The first kappa shape index (κ1) is 11.2. The number of aliphatic hydroxyl groups is 1. The van der Waals surface area contributed by atoms with Gasteiger partial charge >= 0.3 is 0 Å². The Balaban J connectivity index is 0.000001000. The van der Waals surface area contributed by atoms with E-state index in [4.69, 9.17) is 0 Å². The van der Waals surface area contributed by atoms with Gasteiger partial charge in [-0.1, -0.05) is 6.92 Å². The first-order chi connectivity index (χ1) is 4.66. The number of aliphatic hydroxyl groups excluding tert-OH is 1. The van der Waals surface area contributed by atoms with Crippen molar-refractivity contribution in [3.63, 3.8) is 0 Å². The van der Waals surface area contributed by atoms with E-state index < -0.39 is 0 Å². The summed E-state index contributed by atoms with van der Waals surface area (Å²) in [6, 6.07) is 0. The fourth-order valence-corrected chi connectivity index (χ4v) is 1.50. The van der Waals surface area contributed by atoms with Crippen LogP contribution in [0.4, 0.5) is 0 Å². The Labute approximate surface area is 74.8 Å². The number of halogens is 1. The molecule has 1 fully saturated rings. The van der Waals surface area contributed by atoms with Gasteiger partial charge < -0.3 is 10.4 Å². The summed E-state index contributed by atoms with van der Waals surface area (Å²) in [6.07, 6.45) is 2.84. The molecule has 0 aliphatic carbocycles. The molecule has 2 unspecified atom stereocenters. The molecule has 68 valence electrons. The molecule has 1 rings (SSSR count). The second kappa shape index (κ2) is 4.29. The maximum absolute atomic E-state index is 9.34. The molecule has 1 aliphatic heterocycles. The molecular formula is C8H18ClNO. The first-order valence-corrected chi connectivity index (χ1v) is 4.09. The van der Waals surface area contributed by atoms with Crippen LogP contribution < -0.4 is 5.32 Å². The van der Waals surface area contributed by atoms with Gasteiger partial charge in [0.05, 0.1) is 6.10 Å². The maximum atomic E-state index is 9.34. The van der Waals surface area contributed by atoms with Gasteiger partial charge in [-0.25, -0.2) is 0 Å². The van der Waals surface area contributed by atoms with Gasteiger partial charge in [-0.2, -0.15) is 0 Å². The van der Waals surface area contributed by atoms with E-state index in [0.29, 0.717) is 0 Å². The number of hydrogen-bond acceptors (Lipinski definition) is 2. The van der Waals surface area contributed by atoms with Crippen LogP contribution in [0.3, 0.4) is 0 Å². The summed E-state index contributed by atoms with van der Waals surface area (Å²) < 4.78 is 0. The highest BCUT2D eigenvalue weighted by Gasteiger charge is 2.28. The normalized spacial score (nSPS) is 37.9. The summed E-state index contributed by atoms with van der Waals surface area (Å²) in [7, 11) is 0. The number of piperidine rings is 1. The molecule has 2 N–H and O–H groups in total. The highest BCUT2D eigenvalue weighted by atomic mass is 35.5. The summed E-state index contributed by atoms with van der Waals surface area (Å²) in [6.45, 7) is 5.30. The van der Waals surface area contributed by atoms with E-state index in [2.05, 4.69) is 19.2 Å². The fraction of sp³-hybridized carbons (Fsp3) is 1.00. The molecule has 0 radical (unpaired) electrons. The van der Waals surface area contributed by atoms with Crippen LogP contribution in [0.2, 0.25) is 0 Å². The number of hydrogen-bond donors (Lipinski definition) is 2. The Morgan fingerprint density at radius 3 is 2.64 bits per heavy atom. The van der Waals surface area contributed by atoms with Crippen molar-refractivity contribution in [3.05, 3.63) is 0 Å². The minimum Gasteiger partial charge on any atom is -0.393 e. The summed E-state index contributed by atoms with van der Waals surface area (Å²) in [5.74, 6) is 0. The second-order valence-electron chi connectivity index (χ2n) is 3.49. The molecule has 0 spiro atoms. The van der Waals surface area contributed by atoms with Crippen LogP contribution in [0, 0.1) is 0 Å². The fourth-order valence-electron chi connectivity index (χ4n) is 1.50. The van der Waals surface area contributed by atoms with Gasteiger partial charge in [-0.05, 0) is 32.7 Å². The van der Waals surface area contributed by atoms with Gasteiger partial charge in [0.15, 0.2) is 0 Å². The first-order valence-electron chi connectivity index (χ1n) is 4.09. The zero-order valence-corrected chi connectivity index (χ0v) is 8.08. The Morgan fingerprint density at radius 1 is 1.64 bits per heavy atom. The van der Waals surface area contributed by atoms with Crippen LogP contribution in [-0.4, -0.2) is 23.3 Å². The van der Waals surface area contributed by atoms with Crippen LogP contribution in [0.25, 0.3) is 0 Å². The molecule has 3 heteroatoms. The lowest BCUT2D eigenvalue weighted by molar-refractivity contribution is 0.0827. The van der Waals surface area contributed by atoms with Crippen LogP contribution in [0.5, 0.6) is 0 Å². The van der Waals surface area contributed by atoms with Crippen LogP contribution >= 0.6 is 12.4 Å². The molecular weight excluding hydrogens is 162 g/mol. The lowest BCUT2D eigenvalue weighted by Gasteiger charge is -2.36. The molecule has 0 saturated carbocycles. The van der Waals surface area contributed by atoms with E-state index in [1.165, 1.54) is 0 Å². The van der Waals surface area contributed by atoms with Crippen molar-refractivity contribution in [2.75, 3.05) is 6.54 Å². The van der Waals surface area contributed by atoms with Crippen molar-refractivity contribution in [2.24, 2.45) is 0 Å². The van der Waals surface area contributed by atoms with Crippen molar-refractivity contribution in [2.45, 2.75) is 44.8 Å². The molecule has 0 aromatic rings. The van der Waals surface area contributed by atoms with Gasteiger partial charge in [0.1, 0.15) is 0 Å². The van der Waals surface area contributed by atoms with Crippen molar-refractivity contribution >= 4 is 12.4 Å². The van der Waals surface area contributed by atoms with Gasteiger partial charge in [-0.3, -0.25) is 0 Å². The van der Waals surface area contributed by atoms with E-state index in [1.54, 1.807) is 0 Å². The Morgan fingerprint density at radius 2 is 2.27 bits per heavy atom. The lowest BCUT2D eigenvalue weighted by atomic mass is 9.87. The monoisotopic (exact) mass is 179 g/mol. The lowest BCUT2D eigenvalue weighted by Crippen LogP contribution is -2.49. The van der Waals surface area contributed by atoms with Gasteiger partial charge in [0.25, 0.3) is 0 Å². The summed E-state index contributed by atoms with van der Waals surface area (Å²) in [5.41, 5.74) is 0.192. The largest absolute Gasteiger partial charge is 0.393 e. The molecule has 0 bridgehead atoms. The molecule has 0 aromatic carbocycles. The van der Waals surface area contributed by atoms with E-state index in [0.717, 1.165) is 25.8 Å². The van der Waals surface area contributed by atoms with Gasteiger partial charge in [-0.15, -0.1) is 12.4 Å². The van der Waals surface area contributed by atoms with Crippen molar-refractivity contribution < 1.29 is 5.11 Å². The van der Waals surface area contributed by atoms with E-state index >= 15 is 0 Å². The predicted molar refractivity (Wildman–Crippen MR) is 49.2 cm³/mol. The highest BCUT2D eigenvalue weighted by molar-refractivity contribution is 5.85. The smallest absolute Gasteiger partial charge is 0.0569 e. The van der Waals surface area contributed by atoms with Crippen molar-refractivity contribution in [1.82, 2.24) is 5.32 Å².